The van der Waals surface area contributed by atoms with E-state index in [0.29, 0.717) is 50.6 Å². The summed E-state index contributed by atoms with van der Waals surface area (Å²) >= 11 is 0. The summed E-state index contributed by atoms with van der Waals surface area (Å²) < 4.78 is 37.1. The third-order valence-electron chi connectivity index (χ3n) is 5.61. The SMILES string of the molecule is COC(=O)c1cc2cc(OC)c(OC)cc2c(/C=C/c2cc(OC)c(OC)c(OC)c2)c1C(=O)OC. The summed E-state index contributed by atoms with van der Waals surface area (Å²) in [5.74, 6) is 0.905. The molecule has 0 unspecified atom stereocenters. The fourth-order valence-electron chi connectivity index (χ4n) is 3.90. The van der Waals surface area contributed by atoms with Gasteiger partial charge in [-0.05, 0) is 52.2 Å². The van der Waals surface area contributed by atoms with Crippen LogP contribution in [0.4, 0.5) is 0 Å². The molecule has 0 fully saturated rings. The summed E-state index contributed by atoms with van der Waals surface area (Å²) in [6.45, 7) is 0. The molecule has 190 valence electrons. The van der Waals surface area contributed by atoms with Crippen molar-refractivity contribution < 1.29 is 42.7 Å². The molecule has 36 heavy (non-hydrogen) atoms. The fraction of sp³-hybridized carbons (Fsp3) is 0.259. The van der Waals surface area contributed by atoms with E-state index in [2.05, 4.69) is 0 Å². The molecule has 0 atom stereocenters. The highest BCUT2D eigenvalue weighted by Crippen LogP contribution is 2.40. The zero-order valence-corrected chi connectivity index (χ0v) is 21.2. The number of hydrogen-bond acceptors (Lipinski definition) is 9. The van der Waals surface area contributed by atoms with Gasteiger partial charge in [0.25, 0.3) is 0 Å². The van der Waals surface area contributed by atoms with Gasteiger partial charge in [0.05, 0.1) is 60.9 Å². The van der Waals surface area contributed by atoms with Crippen molar-refractivity contribution in [1.82, 2.24) is 0 Å². The van der Waals surface area contributed by atoms with Gasteiger partial charge < -0.3 is 33.2 Å². The normalized spacial score (nSPS) is 10.8. The van der Waals surface area contributed by atoms with E-state index in [4.69, 9.17) is 33.2 Å². The van der Waals surface area contributed by atoms with Crippen molar-refractivity contribution in [2.75, 3.05) is 49.8 Å². The number of ether oxygens (including phenoxy) is 7. The van der Waals surface area contributed by atoms with Crippen molar-refractivity contribution in [2.45, 2.75) is 0 Å². The molecule has 0 radical (unpaired) electrons. The molecule has 3 rings (SSSR count). The van der Waals surface area contributed by atoms with Crippen LogP contribution in [-0.2, 0) is 9.47 Å². The third kappa shape index (κ3) is 4.86. The van der Waals surface area contributed by atoms with E-state index in [1.54, 1.807) is 42.5 Å². The number of carbonyl (C=O) groups is 2. The quantitative estimate of drug-likeness (QED) is 0.310. The van der Waals surface area contributed by atoms with Crippen molar-refractivity contribution in [1.29, 1.82) is 0 Å². The largest absolute Gasteiger partial charge is 0.493 e. The summed E-state index contributed by atoms with van der Waals surface area (Å²) in [6.07, 6.45) is 3.46. The number of esters is 2. The minimum atomic E-state index is -0.698. The Hall–Kier alpha value is -4.40. The van der Waals surface area contributed by atoms with E-state index < -0.39 is 11.9 Å². The Morgan fingerprint density at radius 3 is 1.67 bits per heavy atom. The molecule has 3 aromatic rings. The van der Waals surface area contributed by atoms with Crippen LogP contribution < -0.4 is 23.7 Å². The first-order valence-corrected chi connectivity index (χ1v) is 10.7. The highest BCUT2D eigenvalue weighted by Gasteiger charge is 2.25. The second-order valence-electron chi connectivity index (χ2n) is 7.42. The summed E-state index contributed by atoms with van der Waals surface area (Å²) in [5.41, 5.74) is 1.22. The van der Waals surface area contributed by atoms with Crippen LogP contribution in [0.1, 0.15) is 31.8 Å². The summed E-state index contributed by atoms with van der Waals surface area (Å²) in [5, 5.41) is 1.26. The van der Waals surface area contributed by atoms with Crippen LogP contribution in [0.25, 0.3) is 22.9 Å². The van der Waals surface area contributed by atoms with Crippen LogP contribution in [0.5, 0.6) is 28.7 Å². The van der Waals surface area contributed by atoms with Gasteiger partial charge >= 0.3 is 11.9 Å². The molecule has 0 amide bonds. The number of benzene rings is 3. The van der Waals surface area contributed by atoms with Crippen LogP contribution >= 0.6 is 0 Å². The molecule has 0 aliphatic heterocycles. The highest BCUT2D eigenvalue weighted by molar-refractivity contribution is 6.12. The van der Waals surface area contributed by atoms with Gasteiger partial charge in [-0.15, -0.1) is 0 Å². The van der Waals surface area contributed by atoms with Crippen LogP contribution in [0.3, 0.4) is 0 Å². The van der Waals surface area contributed by atoms with E-state index in [1.165, 1.54) is 49.8 Å². The van der Waals surface area contributed by atoms with E-state index in [-0.39, 0.29) is 11.1 Å². The lowest BCUT2D eigenvalue weighted by Gasteiger charge is -2.16. The molecular formula is C27H28O9. The maximum absolute atomic E-state index is 12.9. The van der Waals surface area contributed by atoms with Crippen LogP contribution in [0.15, 0.2) is 30.3 Å². The van der Waals surface area contributed by atoms with Crippen molar-refractivity contribution in [3.05, 3.63) is 52.6 Å². The molecule has 3 aromatic carbocycles. The number of carbonyl (C=O) groups excluding carboxylic acids is 2. The molecule has 0 saturated heterocycles. The minimum absolute atomic E-state index is 0.0489. The highest BCUT2D eigenvalue weighted by atomic mass is 16.5. The van der Waals surface area contributed by atoms with Crippen LogP contribution in [0.2, 0.25) is 0 Å². The average molecular weight is 497 g/mol. The van der Waals surface area contributed by atoms with Crippen LogP contribution in [0, 0.1) is 0 Å². The Morgan fingerprint density at radius 1 is 0.611 bits per heavy atom. The zero-order chi connectivity index (χ0) is 26.4. The Balaban J connectivity index is 2.38. The van der Waals surface area contributed by atoms with Gasteiger partial charge in [0.15, 0.2) is 23.0 Å². The molecule has 0 aromatic heterocycles. The summed E-state index contributed by atoms with van der Waals surface area (Å²) in [7, 11) is 10.1. The molecule has 0 bridgehead atoms. The standard InChI is InChI=1S/C27H28O9/c1-30-20-13-16-12-19(26(28)35-6)24(27(29)36-7)17(18(16)14-21(20)31-2)9-8-15-10-22(32-3)25(34-5)23(11-15)33-4/h8-14H,1-7H3/b9-8+. The van der Waals surface area contributed by atoms with Gasteiger partial charge in [-0.2, -0.15) is 0 Å². The number of rotatable bonds is 9. The Kier molecular flexibility index (Phi) is 8.26. The van der Waals surface area contributed by atoms with Gasteiger partial charge in [-0.25, -0.2) is 9.59 Å². The lowest BCUT2D eigenvalue weighted by molar-refractivity contribution is 0.0555. The maximum Gasteiger partial charge on any atom is 0.339 e. The van der Waals surface area contributed by atoms with Crippen molar-refractivity contribution >= 4 is 34.9 Å². The van der Waals surface area contributed by atoms with Gasteiger partial charge in [0.1, 0.15) is 0 Å². The second-order valence-corrected chi connectivity index (χ2v) is 7.42. The number of hydrogen-bond donors (Lipinski definition) is 0. The van der Waals surface area contributed by atoms with E-state index in [1.807, 2.05) is 0 Å². The fourth-order valence-corrected chi connectivity index (χ4v) is 3.90. The Morgan fingerprint density at radius 2 is 1.17 bits per heavy atom. The first kappa shape index (κ1) is 26.2. The maximum atomic E-state index is 12.9. The molecular weight excluding hydrogens is 468 g/mol. The molecule has 9 heteroatoms. The monoisotopic (exact) mass is 496 g/mol. The topological polar surface area (TPSA) is 98.8 Å². The first-order valence-electron chi connectivity index (χ1n) is 10.7. The number of fused-ring (bicyclic) bond motifs is 1. The van der Waals surface area contributed by atoms with Gasteiger partial charge in [-0.3, -0.25) is 0 Å². The van der Waals surface area contributed by atoms with Gasteiger partial charge in [-0.1, -0.05) is 12.2 Å². The molecule has 0 aliphatic carbocycles. The lowest BCUT2D eigenvalue weighted by atomic mass is 9.92. The molecule has 0 saturated carbocycles. The Labute approximate surface area is 209 Å². The summed E-state index contributed by atoms with van der Waals surface area (Å²) in [6, 6.07) is 8.53. The smallest absolute Gasteiger partial charge is 0.339 e. The molecule has 9 nitrogen and oxygen atoms in total. The van der Waals surface area contributed by atoms with Crippen molar-refractivity contribution in [3.63, 3.8) is 0 Å². The molecule has 0 N–H and O–H groups in total. The lowest BCUT2D eigenvalue weighted by Crippen LogP contribution is -2.14. The van der Waals surface area contributed by atoms with Crippen LogP contribution in [-0.4, -0.2) is 61.7 Å². The van der Waals surface area contributed by atoms with E-state index in [0.717, 1.165) is 0 Å². The predicted molar refractivity (Wildman–Crippen MR) is 135 cm³/mol. The van der Waals surface area contributed by atoms with Gasteiger partial charge in [0, 0.05) is 0 Å². The molecule has 0 aliphatic rings. The third-order valence-corrected chi connectivity index (χ3v) is 5.61. The van der Waals surface area contributed by atoms with E-state index in [9.17, 15) is 9.59 Å². The molecule has 0 heterocycles. The minimum Gasteiger partial charge on any atom is -0.493 e. The molecule has 0 spiro atoms. The van der Waals surface area contributed by atoms with Crippen molar-refractivity contribution in [2.24, 2.45) is 0 Å². The zero-order valence-electron chi connectivity index (χ0n) is 21.2. The van der Waals surface area contributed by atoms with Gasteiger partial charge in [0.2, 0.25) is 5.75 Å². The second kappa shape index (κ2) is 11.4. The first-order chi connectivity index (χ1) is 17.4. The number of methoxy groups -OCH3 is 7. The van der Waals surface area contributed by atoms with Crippen molar-refractivity contribution in [3.8, 4) is 28.7 Å². The van der Waals surface area contributed by atoms with E-state index >= 15 is 0 Å². The Bertz CT molecular complexity index is 1300. The predicted octanol–water partition coefficient (Wildman–Crippen LogP) is 4.63. The summed E-state index contributed by atoms with van der Waals surface area (Å²) in [4.78, 5) is 25.6. The average Bonchev–Trinajstić information content (AvgIpc) is 2.92.